The number of aromatic nitrogens is 1. The van der Waals surface area contributed by atoms with Crippen molar-refractivity contribution in [2.45, 2.75) is 37.0 Å². The van der Waals surface area contributed by atoms with Crippen LogP contribution in [-0.4, -0.2) is 23.2 Å². The molecule has 1 fully saturated rings. The van der Waals surface area contributed by atoms with Gasteiger partial charge in [-0.05, 0) is 18.9 Å². The Labute approximate surface area is 129 Å². The van der Waals surface area contributed by atoms with Gasteiger partial charge in [-0.15, -0.1) is 11.8 Å². The number of benzene rings is 1. The van der Waals surface area contributed by atoms with Crippen molar-refractivity contribution in [3.8, 4) is 0 Å². The molecule has 112 valence electrons. The second kappa shape index (κ2) is 7.03. The van der Waals surface area contributed by atoms with Crippen molar-refractivity contribution < 1.29 is 4.79 Å². The molecule has 3 nitrogen and oxygen atoms in total. The van der Waals surface area contributed by atoms with Gasteiger partial charge in [-0.2, -0.15) is 0 Å². The Morgan fingerprint density at radius 1 is 1.24 bits per heavy atom. The molecule has 1 saturated carbocycles. The number of hydrogen-bond acceptors (Lipinski definition) is 2. The second-order valence-corrected chi connectivity index (χ2v) is 6.81. The molecular weight excluding hydrogens is 280 g/mol. The van der Waals surface area contributed by atoms with Crippen LogP contribution >= 0.6 is 11.8 Å². The molecule has 1 aliphatic rings. The van der Waals surface area contributed by atoms with Gasteiger partial charge in [0.25, 0.3) is 0 Å². The van der Waals surface area contributed by atoms with E-state index in [0.29, 0.717) is 0 Å². The summed E-state index contributed by atoms with van der Waals surface area (Å²) in [6.45, 7) is 0.750. The summed E-state index contributed by atoms with van der Waals surface area (Å²) in [5.41, 5.74) is 1.17. The number of hydrogen-bond donors (Lipinski definition) is 2. The van der Waals surface area contributed by atoms with E-state index in [-0.39, 0.29) is 11.8 Å². The monoisotopic (exact) mass is 302 g/mol. The minimum atomic E-state index is 0.259. The van der Waals surface area contributed by atoms with Gasteiger partial charge in [0.2, 0.25) is 5.91 Å². The van der Waals surface area contributed by atoms with Crippen molar-refractivity contribution in [2.24, 2.45) is 5.92 Å². The number of amides is 1. The summed E-state index contributed by atoms with van der Waals surface area (Å²) in [7, 11) is 0. The van der Waals surface area contributed by atoms with Crippen LogP contribution in [0.2, 0.25) is 0 Å². The van der Waals surface area contributed by atoms with E-state index in [0.717, 1.165) is 25.1 Å². The number of carbonyl (C=O) groups excluding carboxylic acids is 1. The van der Waals surface area contributed by atoms with Gasteiger partial charge in [0.05, 0.1) is 0 Å². The molecule has 0 bridgehead atoms. The highest BCUT2D eigenvalue weighted by Crippen LogP contribution is 2.27. The van der Waals surface area contributed by atoms with E-state index in [1.54, 1.807) is 11.8 Å². The first-order valence-corrected chi connectivity index (χ1v) is 8.80. The van der Waals surface area contributed by atoms with Crippen molar-refractivity contribution in [2.75, 3.05) is 12.3 Å². The Hall–Kier alpha value is -1.42. The Morgan fingerprint density at radius 2 is 2.05 bits per heavy atom. The summed E-state index contributed by atoms with van der Waals surface area (Å²) in [5, 5.41) is 4.36. The topological polar surface area (TPSA) is 44.9 Å². The molecule has 21 heavy (non-hydrogen) atoms. The van der Waals surface area contributed by atoms with Crippen LogP contribution in [-0.2, 0) is 4.79 Å². The molecule has 0 aliphatic heterocycles. The first-order valence-electron chi connectivity index (χ1n) is 7.81. The average molecular weight is 302 g/mol. The molecule has 2 N–H and O–H groups in total. The SMILES string of the molecule is O=C(NCCSc1c[nH]c2ccccc12)C1CCCCC1. The van der Waals surface area contributed by atoms with Gasteiger partial charge in [0.15, 0.2) is 0 Å². The van der Waals surface area contributed by atoms with E-state index >= 15 is 0 Å². The van der Waals surface area contributed by atoms with Crippen LogP contribution in [0.15, 0.2) is 35.4 Å². The zero-order valence-corrected chi connectivity index (χ0v) is 13.0. The molecule has 0 atom stereocenters. The van der Waals surface area contributed by atoms with Gasteiger partial charge in [-0.25, -0.2) is 0 Å². The number of nitrogens with one attached hydrogen (secondary N) is 2. The summed E-state index contributed by atoms with van der Waals surface area (Å²) >= 11 is 1.80. The average Bonchev–Trinajstić information content (AvgIpc) is 2.95. The number of rotatable bonds is 5. The highest BCUT2D eigenvalue weighted by molar-refractivity contribution is 7.99. The van der Waals surface area contributed by atoms with Crippen LogP contribution < -0.4 is 5.32 Å². The predicted octanol–water partition coefficient (Wildman–Crippen LogP) is 3.96. The predicted molar refractivity (Wildman–Crippen MR) is 88.6 cm³/mol. The standard InChI is InChI=1S/C17H22N2OS/c20-17(13-6-2-1-3-7-13)18-10-11-21-16-12-19-15-9-5-4-8-14(15)16/h4-5,8-9,12-13,19H,1-3,6-7,10-11H2,(H,18,20). The van der Waals surface area contributed by atoms with E-state index in [1.165, 1.54) is 35.1 Å². The number of para-hydroxylation sites is 1. The van der Waals surface area contributed by atoms with Gasteiger partial charge in [0.1, 0.15) is 0 Å². The lowest BCUT2D eigenvalue weighted by Gasteiger charge is -2.20. The van der Waals surface area contributed by atoms with Gasteiger partial charge >= 0.3 is 0 Å². The quantitative estimate of drug-likeness (QED) is 0.648. The van der Waals surface area contributed by atoms with Crippen molar-refractivity contribution in [1.29, 1.82) is 0 Å². The fourth-order valence-corrected chi connectivity index (χ4v) is 3.91. The number of aromatic amines is 1. The Balaban J connectivity index is 1.44. The Kier molecular flexibility index (Phi) is 4.86. The molecule has 1 aromatic heterocycles. The number of H-pyrrole nitrogens is 1. The molecule has 4 heteroatoms. The summed E-state index contributed by atoms with van der Waals surface area (Å²) in [6, 6.07) is 8.32. The van der Waals surface area contributed by atoms with E-state index in [4.69, 9.17) is 0 Å². The van der Waals surface area contributed by atoms with Crippen LogP contribution in [0.25, 0.3) is 10.9 Å². The van der Waals surface area contributed by atoms with E-state index in [1.807, 2.05) is 6.07 Å². The molecule has 1 aliphatic carbocycles. The van der Waals surface area contributed by atoms with Crippen LogP contribution in [0.4, 0.5) is 0 Å². The van der Waals surface area contributed by atoms with E-state index in [9.17, 15) is 4.79 Å². The largest absolute Gasteiger partial charge is 0.360 e. The molecular formula is C17H22N2OS. The molecule has 0 saturated heterocycles. The summed E-state index contributed by atoms with van der Waals surface area (Å²) in [6.07, 6.45) is 7.91. The Bertz CT molecular complexity index is 602. The third-order valence-corrected chi connectivity index (χ3v) is 5.24. The minimum Gasteiger partial charge on any atom is -0.360 e. The van der Waals surface area contributed by atoms with E-state index < -0.39 is 0 Å². The van der Waals surface area contributed by atoms with Crippen LogP contribution in [0.1, 0.15) is 32.1 Å². The summed E-state index contributed by atoms with van der Waals surface area (Å²) < 4.78 is 0. The van der Waals surface area contributed by atoms with Crippen molar-refractivity contribution >= 4 is 28.6 Å². The third-order valence-electron chi connectivity index (χ3n) is 4.19. The maximum absolute atomic E-state index is 12.0. The zero-order valence-electron chi connectivity index (χ0n) is 12.2. The van der Waals surface area contributed by atoms with Crippen LogP contribution in [0.5, 0.6) is 0 Å². The van der Waals surface area contributed by atoms with E-state index in [2.05, 4.69) is 34.7 Å². The zero-order chi connectivity index (χ0) is 14.5. The molecule has 1 amide bonds. The summed E-state index contributed by atoms with van der Waals surface area (Å²) in [4.78, 5) is 16.6. The number of fused-ring (bicyclic) bond motifs is 1. The molecule has 0 unspecified atom stereocenters. The van der Waals surface area contributed by atoms with Crippen LogP contribution in [0, 0.1) is 5.92 Å². The molecule has 0 spiro atoms. The molecule has 3 rings (SSSR count). The molecule has 2 aromatic rings. The first-order chi connectivity index (χ1) is 10.3. The fraction of sp³-hybridized carbons (Fsp3) is 0.471. The fourth-order valence-electron chi connectivity index (χ4n) is 3.01. The normalized spacial score (nSPS) is 16.2. The van der Waals surface area contributed by atoms with Crippen molar-refractivity contribution in [3.63, 3.8) is 0 Å². The van der Waals surface area contributed by atoms with Gasteiger partial charge in [0, 0.05) is 40.2 Å². The van der Waals surface area contributed by atoms with Crippen molar-refractivity contribution in [3.05, 3.63) is 30.5 Å². The van der Waals surface area contributed by atoms with Gasteiger partial charge < -0.3 is 10.3 Å². The minimum absolute atomic E-state index is 0.259. The maximum Gasteiger partial charge on any atom is 0.223 e. The number of thioether (sulfide) groups is 1. The third kappa shape index (κ3) is 3.62. The second-order valence-electron chi connectivity index (χ2n) is 5.67. The van der Waals surface area contributed by atoms with Gasteiger partial charge in [-0.3, -0.25) is 4.79 Å². The molecule has 1 aromatic carbocycles. The van der Waals surface area contributed by atoms with Crippen molar-refractivity contribution in [1.82, 2.24) is 10.3 Å². The maximum atomic E-state index is 12.0. The summed E-state index contributed by atoms with van der Waals surface area (Å²) in [5.74, 6) is 1.44. The molecule has 1 heterocycles. The van der Waals surface area contributed by atoms with Gasteiger partial charge in [-0.1, -0.05) is 37.5 Å². The number of carbonyl (C=O) groups is 1. The smallest absolute Gasteiger partial charge is 0.223 e. The highest BCUT2D eigenvalue weighted by Gasteiger charge is 2.20. The first kappa shape index (κ1) is 14.5. The molecule has 0 radical (unpaired) electrons. The lowest BCUT2D eigenvalue weighted by atomic mass is 9.89. The highest BCUT2D eigenvalue weighted by atomic mass is 32.2. The Morgan fingerprint density at radius 3 is 2.90 bits per heavy atom. The lowest BCUT2D eigenvalue weighted by Crippen LogP contribution is -2.33. The van der Waals surface area contributed by atoms with Crippen LogP contribution in [0.3, 0.4) is 0 Å². The lowest BCUT2D eigenvalue weighted by molar-refractivity contribution is -0.125.